The first-order valence-corrected chi connectivity index (χ1v) is 5.69. The van der Waals surface area contributed by atoms with Crippen LogP contribution in [0.2, 0.25) is 0 Å². The molecule has 5 nitrogen and oxygen atoms in total. The van der Waals surface area contributed by atoms with Crippen molar-refractivity contribution in [2.45, 2.75) is 13.5 Å². The van der Waals surface area contributed by atoms with Gasteiger partial charge < -0.3 is 10.6 Å². The molecule has 90 valence electrons. The Morgan fingerprint density at radius 3 is 3.00 bits per heavy atom. The van der Waals surface area contributed by atoms with Gasteiger partial charge in [0.05, 0.1) is 0 Å². The average Bonchev–Trinajstić information content (AvgIpc) is 2.71. The molecule has 0 saturated carbocycles. The van der Waals surface area contributed by atoms with E-state index in [4.69, 9.17) is 0 Å². The van der Waals surface area contributed by atoms with Crippen molar-refractivity contribution in [2.75, 3.05) is 5.32 Å². The monoisotopic (exact) mass is 240 g/mol. The molecule has 1 amide bonds. The summed E-state index contributed by atoms with van der Waals surface area (Å²) < 4.78 is 0. The number of nitrogens with zero attached hydrogens (tertiary/aromatic N) is 2. The molecule has 2 aromatic rings. The van der Waals surface area contributed by atoms with Crippen LogP contribution in [0.3, 0.4) is 0 Å². The maximum Gasteiger partial charge on any atom is 0.251 e. The number of hydrogen-bond donors (Lipinski definition) is 2. The normalized spacial score (nSPS) is 13.1. The van der Waals surface area contributed by atoms with E-state index in [-0.39, 0.29) is 5.91 Å². The van der Waals surface area contributed by atoms with Crippen molar-refractivity contribution >= 4 is 17.4 Å². The fourth-order valence-electron chi connectivity index (χ4n) is 1.98. The van der Waals surface area contributed by atoms with E-state index in [0.29, 0.717) is 6.54 Å². The smallest absolute Gasteiger partial charge is 0.251 e. The summed E-state index contributed by atoms with van der Waals surface area (Å²) in [7, 11) is 0. The lowest BCUT2D eigenvalue weighted by molar-refractivity contribution is 0.0966. The van der Waals surface area contributed by atoms with Crippen LogP contribution in [0, 0.1) is 6.92 Å². The second-order valence-corrected chi connectivity index (χ2v) is 4.22. The van der Waals surface area contributed by atoms with Crippen LogP contribution in [-0.2, 0) is 6.54 Å². The van der Waals surface area contributed by atoms with Gasteiger partial charge in [0.2, 0.25) is 0 Å². The lowest BCUT2D eigenvalue weighted by Gasteiger charge is -2.07. The maximum atomic E-state index is 11.4. The van der Waals surface area contributed by atoms with Crippen LogP contribution in [0.15, 0.2) is 30.6 Å². The zero-order valence-electron chi connectivity index (χ0n) is 9.90. The van der Waals surface area contributed by atoms with Crippen LogP contribution in [0.25, 0.3) is 0 Å². The fourth-order valence-corrected chi connectivity index (χ4v) is 1.98. The Morgan fingerprint density at radius 2 is 2.17 bits per heavy atom. The molecule has 1 aromatic carbocycles. The van der Waals surface area contributed by atoms with Crippen molar-refractivity contribution in [1.82, 2.24) is 15.3 Å². The summed E-state index contributed by atoms with van der Waals surface area (Å²) in [5, 5.41) is 5.99. The summed E-state index contributed by atoms with van der Waals surface area (Å²) in [4.78, 5) is 19.6. The van der Waals surface area contributed by atoms with Gasteiger partial charge >= 0.3 is 0 Å². The molecule has 0 fully saturated rings. The Hall–Kier alpha value is -2.43. The number of fused-ring (bicyclic) bond motifs is 1. The zero-order valence-corrected chi connectivity index (χ0v) is 9.90. The summed E-state index contributed by atoms with van der Waals surface area (Å²) >= 11 is 0. The van der Waals surface area contributed by atoms with Crippen molar-refractivity contribution in [3.63, 3.8) is 0 Å². The summed E-state index contributed by atoms with van der Waals surface area (Å²) in [5.74, 6) is 0.745. The Bertz CT molecular complexity index is 624. The largest absolute Gasteiger partial charge is 0.348 e. The molecule has 1 aromatic heterocycles. The van der Waals surface area contributed by atoms with E-state index in [1.54, 1.807) is 0 Å². The van der Waals surface area contributed by atoms with Crippen LogP contribution in [0.5, 0.6) is 0 Å². The first-order chi connectivity index (χ1) is 8.72. The number of aromatic nitrogens is 2. The molecule has 2 N–H and O–H groups in total. The highest BCUT2D eigenvalue weighted by atomic mass is 16.1. The molecule has 0 aliphatic carbocycles. The van der Waals surface area contributed by atoms with E-state index in [1.165, 1.54) is 6.33 Å². The molecular formula is C13H12N4O. The minimum absolute atomic E-state index is 0.00516. The van der Waals surface area contributed by atoms with Gasteiger partial charge in [0.25, 0.3) is 5.91 Å². The molecular weight excluding hydrogens is 228 g/mol. The number of aryl methyl sites for hydroxylation is 1. The van der Waals surface area contributed by atoms with Gasteiger partial charge in [-0.05, 0) is 30.7 Å². The van der Waals surface area contributed by atoms with Gasteiger partial charge in [-0.2, -0.15) is 0 Å². The molecule has 0 unspecified atom stereocenters. The van der Waals surface area contributed by atoms with Crippen LogP contribution in [-0.4, -0.2) is 15.9 Å². The Labute approximate surface area is 104 Å². The number of carbonyl (C=O) groups excluding carboxylic acids is 1. The Balaban J connectivity index is 1.88. The van der Waals surface area contributed by atoms with Crippen LogP contribution < -0.4 is 10.6 Å². The van der Waals surface area contributed by atoms with Crippen molar-refractivity contribution < 1.29 is 4.79 Å². The van der Waals surface area contributed by atoms with Crippen molar-refractivity contribution in [2.24, 2.45) is 0 Å². The minimum Gasteiger partial charge on any atom is -0.348 e. The van der Waals surface area contributed by atoms with E-state index < -0.39 is 0 Å². The molecule has 5 heteroatoms. The lowest BCUT2D eigenvalue weighted by Crippen LogP contribution is -2.12. The third kappa shape index (κ3) is 1.90. The number of rotatable bonds is 2. The molecule has 0 radical (unpaired) electrons. The molecule has 3 rings (SSSR count). The number of carbonyl (C=O) groups is 1. The van der Waals surface area contributed by atoms with Gasteiger partial charge in [-0.1, -0.05) is 0 Å². The number of amides is 1. The van der Waals surface area contributed by atoms with Gasteiger partial charge in [0.1, 0.15) is 12.1 Å². The molecule has 1 aliphatic heterocycles. The second kappa shape index (κ2) is 4.10. The zero-order chi connectivity index (χ0) is 12.5. The number of anilines is 2. The standard InChI is InChI=1S/C13H12N4O/c1-8-4-12(16-7-15-8)17-10-2-3-11-9(5-10)6-14-13(11)18/h2-5,7H,6H2,1H3,(H,14,18)(H,15,16,17). The third-order valence-electron chi connectivity index (χ3n) is 2.87. The second-order valence-electron chi connectivity index (χ2n) is 4.22. The van der Waals surface area contributed by atoms with Gasteiger partial charge in [-0.15, -0.1) is 0 Å². The molecule has 18 heavy (non-hydrogen) atoms. The molecule has 0 atom stereocenters. The van der Waals surface area contributed by atoms with Gasteiger partial charge in [0.15, 0.2) is 0 Å². The SMILES string of the molecule is Cc1cc(Nc2ccc3c(c2)CNC3=O)ncn1. The summed E-state index contributed by atoms with van der Waals surface area (Å²) in [6, 6.07) is 7.54. The number of benzene rings is 1. The number of hydrogen-bond acceptors (Lipinski definition) is 4. The summed E-state index contributed by atoms with van der Waals surface area (Å²) in [6.07, 6.45) is 1.52. The van der Waals surface area contributed by atoms with Crippen molar-refractivity contribution in [3.8, 4) is 0 Å². The van der Waals surface area contributed by atoms with E-state index in [9.17, 15) is 4.79 Å². The lowest BCUT2D eigenvalue weighted by atomic mass is 10.1. The molecule has 1 aliphatic rings. The first kappa shape index (κ1) is 10.7. The first-order valence-electron chi connectivity index (χ1n) is 5.69. The molecule has 2 heterocycles. The van der Waals surface area contributed by atoms with Gasteiger partial charge in [-0.3, -0.25) is 4.79 Å². The minimum atomic E-state index is -0.00516. The average molecular weight is 240 g/mol. The Morgan fingerprint density at radius 1 is 1.28 bits per heavy atom. The molecule has 0 spiro atoms. The maximum absolute atomic E-state index is 11.4. The van der Waals surface area contributed by atoms with Crippen LogP contribution in [0.4, 0.5) is 11.5 Å². The van der Waals surface area contributed by atoms with Gasteiger partial charge in [-0.25, -0.2) is 9.97 Å². The number of nitrogens with one attached hydrogen (secondary N) is 2. The fraction of sp³-hybridized carbons (Fsp3) is 0.154. The highest BCUT2D eigenvalue weighted by Gasteiger charge is 2.18. The highest BCUT2D eigenvalue weighted by molar-refractivity contribution is 5.98. The van der Waals surface area contributed by atoms with E-state index >= 15 is 0 Å². The van der Waals surface area contributed by atoms with E-state index in [2.05, 4.69) is 20.6 Å². The van der Waals surface area contributed by atoms with Gasteiger partial charge in [0, 0.05) is 29.6 Å². The quantitative estimate of drug-likeness (QED) is 0.839. The predicted octanol–water partition coefficient (Wildman–Crippen LogP) is 1.77. The van der Waals surface area contributed by atoms with Crippen molar-refractivity contribution in [3.05, 3.63) is 47.4 Å². The molecule has 0 bridgehead atoms. The highest BCUT2D eigenvalue weighted by Crippen LogP contribution is 2.22. The van der Waals surface area contributed by atoms with E-state index in [0.717, 1.165) is 28.3 Å². The van der Waals surface area contributed by atoms with Crippen LogP contribution in [0.1, 0.15) is 21.6 Å². The summed E-state index contributed by atoms with van der Waals surface area (Å²) in [5.41, 5.74) is 3.59. The van der Waals surface area contributed by atoms with E-state index in [1.807, 2.05) is 31.2 Å². The Kier molecular flexibility index (Phi) is 2.44. The van der Waals surface area contributed by atoms with Crippen molar-refractivity contribution in [1.29, 1.82) is 0 Å². The third-order valence-corrected chi connectivity index (χ3v) is 2.87. The summed E-state index contributed by atoms with van der Waals surface area (Å²) in [6.45, 7) is 2.50. The topological polar surface area (TPSA) is 66.9 Å². The molecule has 0 saturated heterocycles. The van der Waals surface area contributed by atoms with Crippen LogP contribution >= 0.6 is 0 Å². The predicted molar refractivity (Wildman–Crippen MR) is 67.7 cm³/mol.